The largest absolute Gasteiger partial charge is 0.490 e. The predicted octanol–water partition coefficient (Wildman–Crippen LogP) is 5.11. The van der Waals surface area contributed by atoms with Crippen molar-refractivity contribution in [2.75, 3.05) is 11.9 Å². The monoisotopic (exact) mass is 587 g/mol. The molecule has 4 rings (SSSR count). The molecule has 224 valence electrons. The van der Waals surface area contributed by atoms with Gasteiger partial charge in [-0.25, -0.2) is 4.79 Å². The smallest absolute Gasteiger partial charge is 0.475 e. The topological polar surface area (TPSA) is 162 Å². The standard InChI is InChI=1S/C27H31N5O3.C2HF3O2/c1-2-3-6-26(33)31-19-7-9-21(10-8-19)35-22-11-12-25-23(15-22)18(17-30-25)14-24(29)27(34)32-13-4-5-20(32)16-28;3-2(4,5)1(6)7/h7-12,15,17,20,24,30H,2-6,13-14,29H2,1H3,(H,31,33);(H,6,7)/t20-,24-;/m0./s1. The molecule has 10 nitrogen and oxygen atoms in total. The fraction of sp³-hybridized carbons (Fsp3) is 0.379. The molecule has 0 unspecified atom stereocenters. The molecule has 0 saturated carbocycles. The van der Waals surface area contributed by atoms with Crippen molar-refractivity contribution in [3.63, 3.8) is 0 Å². The molecular formula is C29H32F3N5O5. The Labute approximate surface area is 240 Å². The number of carbonyl (C=O) groups is 3. The van der Waals surface area contributed by atoms with E-state index in [-0.39, 0.29) is 17.9 Å². The van der Waals surface area contributed by atoms with Crippen molar-refractivity contribution in [2.24, 2.45) is 5.73 Å². The fourth-order valence-corrected chi connectivity index (χ4v) is 4.40. The number of carboxylic acids is 1. The van der Waals surface area contributed by atoms with Crippen LogP contribution in [0, 0.1) is 11.3 Å². The van der Waals surface area contributed by atoms with Crippen LogP contribution in [0.1, 0.15) is 44.6 Å². The highest BCUT2D eigenvalue weighted by molar-refractivity contribution is 5.90. The summed E-state index contributed by atoms with van der Waals surface area (Å²) in [4.78, 5) is 38.5. The lowest BCUT2D eigenvalue weighted by atomic mass is 10.0. The molecular weight excluding hydrogens is 555 g/mol. The number of halogens is 3. The molecule has 2 heterocycles. The van der Waals surface area contributed by atoms with Gasteiger partial charge in [0.2, 0.25) is 11.8 Å². The minimum Gasteiger partial charge on any atom is -0.475 e. The Bertz CT molecular complexity index is 1430. The summed E-state index contributed by atoms with van der Waals surface area (Å²) in [6.45, 7) is 2.64. The first kappa shape index (κ1) is 32.0. The van der Waals surface area contributed by atoms with Gasteiger partial charge in [-0.2, -0.15) is 18.4 Å². The van der Waals surface area contributed by atoms with Crippen molar-refractivity contribution in [2.45, 2.75) is 63.7 Å². The molecule has 0 bridgehead atoms. The summed E-state index contributed by atoms with van der Waals surface area (Å²) in [5.74, 6) is -1.63. The van der Waals surface area contributed by atoms with Crippen LogP contribution in [-0.4, -0.2) is 57.6 Å². The maximum atomic E-state index is 12.8. The Kier molecular flexibility index (Phi) is 10.9. The van der Waals surface area contributed by atoms with Crippen LogP contribution >= 0.6 is 0 Å². The lowest BCUT2D eigenvalue weighted by molar-refractivity contribution is -0.192. The number of aliphatic carboxylic acids is 1. The number of benzene rings is 2. The summed E-state index contributed by atoms with van der Waals surface area (Å²) in [7, 11) is 0. The van der Waals surface area contributed by atoms with Crippen molar-refractivity contribution in [3.8, 4) is 17.6 Å². The molecule has 1 aromatic heterocycles. The summed E-state index contributed by atoms with van der Waals surface area (Å²) < 4.78 is 37.8. The number of rotatable bonds is 9. The van der Waals surface area contributed by atoms with E-state index in [0.717, 1.165) is 41.4 Å². The van der Waals surface area contributed by atoms with Gasteiger partial charge in [-0.1, -0.05) is 13.3 Å². The normalized spacial score (nSPS) is 15.3. The van der Waals surface area contributed by atoms with Crippen LogP contribution in [0.5, 0.6) is 11.5 Å². The van der Waals surface area contributed by atoms with Crippen molar-refractivity contribution in [1.82, 2.24) is 9.88 Å². The first-order chi connectivity index (χ1) is 19.9. The molecule has 1 aliphatic heterocycles. The average Bonchev–Trinajstić information content (AvgIpc) is 3.59. The van der Waals surface area contributed by atoms with Crippen LogP contribution in [0.15, 0.2) is 48.7 Å². The summed E-state index contributed by atoms with van der Waals surface area (Å²) in [5.41, 5.74) is 8.84. The summed E-state index contributed by atoms with van der Waals surface area (Å²) >= 11 is 0. The van der Waals surface area contributed by atoms with Gasteiger partial charge in [0.1, 0.15) is 17.5 Å². The number of anilines is 1. The second-order valence-corrected chi connectivity index (χ2v) is 9.73. The number of aromatic amines is 1. The molecule has 2 aromatic carbocycles. The third-order valence-corrected chi connectivity index (χ3v) is 6.55. The van der Waals surface area contributed by atoms with Crippen LogP contribution in [0.2, 0.25) is 0 Å². The van der Waals surface area contributed by atoms with Gasteiger partial charge in [0.25, 0.3) is 0 Å². The van der Waals surface area contributed by atoms with Crippen LogP contribution < -0.4 is 15.8 Å². The second kappa shape index (κ2) is 14.4. The zero-order chi connectivity index (χ0) is 30.9. The number of unbranched alkanes of at least 4 members (excludes halogenated alkanes) is 1. The summed E-state index contributed by atoms with van der Waals surface area (Å²) in [6.07, 6.45) is 1.04. The maximum absolute atomic E-state index is 12.8. The van der Waals surface area contributed by atoms with E-state index in [9.17, 15) is 28.0 Å². The number of ether oxygens (including phenoxy) is 1. The number of hydrogen-bond donors (Lipinski definition) is 4. The Hall–Kier alpha value is -4.57. The van der Waals surface area contributed by atoms with Crippen molar-refractivity contribution >= 4 is 34.4 Å². The number of nitrogens with two attached hydrogens (primary N) is 1. The number of hydrogen-bond acceptors (Lipinski definition) is 6. The van der Waals surface area contributed by atoms with E-state index in [2.05, 4.69) is 23.3 Å². The number of carboxylic acid groups (broad SMARTS) is 1. The zero-order valence-corrected chi connectivity index (χ0v) is 22.9. The van der Waals surface area contributed by atoms with Crippen molar-refractivity contribution in [3.05, 3.63) is 54.2 Å². The number of likely N-dealkylation sites (tertiary alicyclic amines) is 1. The number of carbonyl (C=O) groups excluding carboxylic acids is 2. The Morgan fingerprint density at radius 2 is 1.88 bits per heavy atom. The second-order valence-electron chi connectivity index (χ2n) is 9.73. The minimum atomic E-state index is -5.08. The molecule has 1 fully saturated rings. The van der Waals surface area contributed by atoms with Gasteiger partial charge < -0.3 is 30.8 Å². The molecule has 42 heavy (non-hydrogen) atoms. The first-order valence-electron chi connectivity index (χ1n) is 13.4. The molecule has 2 amide bonds. The van der Waals surface area contributed by atoms with Gasteiger partial charge in [-0.05, 0) is 73.7 Å². The Morgan fingerprint density at radius 1 is 1.21 bits per heavy atom. The van der Waals surface area contributed by atoms with Crippen LogP contribution in [0.3, 0.4) is 0 Å². The number of H-pyrrole nitrogens is 1. The minimum absolute atomic E-state index is 0.00974. The van der Waals surface area contributed by atoms with Gasteiger partial charge in [-0.15, -0.1) is 0 Å². The van der Waals surface area contributed by atoms with Gasteiger partial charge in [-0.3, -0.25) is 9.59 Å². The van der Waals surface area contributed by atoms with Crippen molar-refractivity contribution < 1.29 is 37.4 Å². The number of amides is 2. The molecule has 13 heteroatoms. The number of nitriles is 1. The molecule has 0 aliphatic carbocycles. The third kappa shape index (κ3) is 8.71. The molecule has 3 aromatic rings. The fourth-order valence-electron chi connectivity index (χ4n) is 4.40. The van der Waals surface area contributed by atoms with E-state index in [4.69, 9.17) is 20.4 Å². The number of aromatic nitrogens is 1. The van der Waals surface area contributed by atoms with Gasteiger partial charge in [0.15, 0.2) is 0 Å². The molecule has 2 atom stereocenters. The van der Waals surface area contributed by atoms with E-state index in [1.165, 1.54) is 0 Å². The van der Waals surface area contributed by atoms with Crippen LogP contribution in [0.4, 0.5) is 18.9 Å². The number of alkyl halides is 3. The molecule has 0 spiro atoms. The van der Waals surface area contributed by atoms with E-state index in [1.54, 1.807) is 4.90 Å². The van der Waals surface area contributed by atoms with Crippen LogP contribution in [0.25, 0.3) is 10.9 Å². The third-order valence-electron chi connectivity index (χ3n) is 6.55. The highest BCUT2D eigenvalue weighted by atomic mass is 19.4. The van der Waals surface area contributed by atoms with Crippen molar-refractivity contribution in [1.29, 1.82) is 5.26 Å². The molecule has 1 saturated heterocycles. The zero-order valence-electron chi connectivity index (χ0n) is 22.9. The highest BCUT2D eigenvalue weighted by Crippen LogP contribution is 2.29. The van der Waals surface area contributed by atoms with E-state index < -0.39 is 18.2 Å². The number of fused-ring (bicyclic) bond motifs is 1. The highest BCUT2D eigenvalue weighted by Gasteiger charge is 2.38. The molecule has 1 aliphatic rings. The van der Waals surface area contributed by atoms with Gasteiger partial charge in [0.05, 0.1) is 12.1 Å². The molecule has 0 radical (unpaired) electrons. The Morgan fingerprint density at radius 3 is 2.50 bits per heavy atom. The van der Waals surface area contributed by atoms with Crippen LogP contribution in [-0.2, 0) is 20.8 Å². The van der Waals surface area contributed by atoms with E-state index in [1.807, 2.05) is 48.7 Å². The van der Waals surface area contributed by atoms with Gasteiger partial charge in [0, 0.05) is 35.8 Å². The Balaban J connectivity index is 0.000000616. The van der Waals surface area contributed by atoms with Gasteiger partial charge >= 0.3 is 12.1 Å². The number of nitrogens with zero attached hydrogens (tertiary/aromatic N) is 2. The number of nitrogens with one attached hydrogen (secondary N) is 2. The van der Waals surface area contributed by atoms with E-state index >= 15 is 0 Å². The predicted molar refractivity (Wildman–Crippen MR) is 149 cm³/mol. The first-order valence-corrected chi connectivity index (χ1v) is 13.4. The van der Waals surface area contributed by atoms with E-state index in [0.29, 0.717) is 37.3 Å². The maximum Gasteiger partial charge on any atom is 0.490 e. The summed E-state index contributed by atoms with van der Waals surface area (Å²) in [5, 5.41) is 20.2. The lowest BCUT2D eigenvalue weighted by Crippen LogP contribution is -2.46. The quantitative estimate of drug-likeness (QED) is 0.271. The average molecular weight is 588 g/mol. The SMILES string of the molecule is CCCCC(=O)Nc1ccc(Oc2ccc3[nH]cc(C[C@H](N)C(=O)N4CCC[C@H]4C#N)c3c2)cc1.O=C(O)C(F)(F)F. The lowest BCUT2D eigenvalue weighted by Gasteiger charge is -2.23. The molecule has 5 N–H and O–H groups in total. The summed E-state index contributed by atoms with van der Waals surface area (Å²) in [6, 6.07) is 14.1.